The van der Waals surface area contributed by atoms with Crippen LogP contribution < -0.4 is 5.73 Å². The van der Waals surface area contributed by atoms with Crippen molar-refractivity contribution in [2.24, 2.45) is 11.7 Å². The van der Waals surface area contributed by atoms with Crippen LogP contribution in [0.2, 0.25) is 0 Å². The Balaban J connectivity index is 1.90. The van der Waals surface area contributed by atoms with Gasteiger partial charge in [-0.1, -0.05) is 6.92 Å². The number of thiophene rings is 1. The highest BCUT2D eigenvalue weighted by Gasteiger charge is 2.18. The van der Waals surface area contributed by atoms with E-state index in [9.17, 15) is 4.39 Å². The second kappa shape index (κ2) is 7.45. The van der Waals surface area contributed by atoms with Crippen molar-refractivity contribution in [1.29, 1.82) is 0 Å². The fourth-order valence-corrected chi connectivity index (χ4v) is 3.78. The van der Waals surface area contributed by atoms with Gasteiger partial charge in [0.1, 0.15) is 5.82 Å². The fourth-order valence-electron chi connectivity index (χ4n) is 2.25. The van der Waals surface area contributed by atoms with Crippen LogP contribution in [0.5, 0.6) is 0 Å². The summed E-state index contributed by atoms with van der Waals surface area (Å²) in [5.74, 6) is -0.102. The number of halogens is 2. The zero-order valence-electron chi connectivity index (χ0n) is 12.1. The molecule has 0 aliphatic rings. The summed E-state index contributed by atoms with van der Waals surface area (Å²) in [5, 5.41) is 2.08. The lowest BCUT2D eigenvalue weighted by atomic mass is 9.99. The summed E-state index contributed by atoms with van der Waals surface area (Å²) in [5.41, 5.74) is 6.95. The molecule has 0 aliphatic carbocycles. The molecule has 6 heteroatoms. The van der Waals surface area contributed by atoms with E-state index in [2.05, 4.69) is 51.2 Å². The molecule has 0 saturated carbocycles. The van der Waals surface area contributed by atoms with Crippen LogP contribution in [0.15, 0.2) is 34.2 Å². The van der Waals surface area contributed by atoms with Crippen LogP contribution in [0.3, 0.4) is 0 Å². The number of hydrogen-bond acceptors (Lipinski definition) is 4. The number of rotatable bonds is 6. The Bertz CT molecular complexity index is 573. The molecule has 0 radical (unpaired) electrons. The Hall–Kier alpha value is -0.820. The lowest BCUT2D eigenvalue weighted by molar-refractivity contribution is 0.258. The number of aromatic nitrogens is 1. The standard InChI is InChI=1S/C15H19BrFN3S/c1-10(15(18)14-4-3-12(17)6-19-14)7-20(2)8-13-5-11(16)9-21-13/h3-6,9-10,15H,7-8,18H2,1-2H3. The van der Waals surface area contributed by atoms with Crippen molar-refractivity contribution in [2.75, 3.05) is 13.6 Å². The normalized spacial score (nSPS) is 14.4. The van der Waals surface area contributed by atoms with Crippen molar-refractivity contribution in [3.8, 4) is 0 Å². The summed E-state index contributed by atoms with van der Waals surface area (Å²) in [6.07, 6.45) is 1.22. The molecule has 3 nitrogen and oxygen atoms in total. The topological polar surface area (TPSA) is 42.1 Å². The molecule has 2 N–H and O–H groups in total. The van der Waals surface area contributed by atoms with Gasteiger partial charge in [0.05, 0.1) is 17.9 Å². The summed E-state index contributed by atoms with van der Waals surface area (Å²) in [6, 6.07) is 5.00. The third kappa shape index (κ3) is 4.85. The average Bonchev–Trinajstić information content (AvgIpc) is 2.83. The minimum absolute atomic E-state index is 0.192. The zero-order chi connectivity index (χ0) is 15.4. The first-order valence-corrected chi connectivity index (χ1v) is 8.41. The van der Waals surface area contributed by atoms with Gasteiger partial charge in [0.2, 0.25) is 0 Å². The molecular weight excluding hydrogens is 353 g/mol. The van der Waals surface area contributed by atoms with E-state index in [1.165, 1.54) is 17.1 Å². The van der Waals surface area contributed by atoms with E-state index < -0.39 is 0 Å². The van der Waals surface area contributed by atoms with Gasteiger partial charge < -0.3 is 10.6 Å². The van der Waals surface area contributed by atoms with Crippen molar-refractivity contribution in [1.82, 2.24) is 9.88 Å². The van der Waals surface area contributed by atoms with Crippen LogP contribution in [0.1, 0.15) is 23.5 Å². The molecule has 0 spiro atoms. The van der Waals surface area contributed by atoms with E-state index in [0.29, 0.717) is 0 Å². The third-order valence-electron chi connectivity index (χ3n) is 3.35. The largest absolute Gasteiger partial charge is 0.322 e. The van der Waals surface area contributed by atoms with Crippen LogP contribution in [0.4, 0.5) is 4.39 Å². The average molecular weight is 372 g/mol. The van der Waals surface area contributed by atoms with Gasteiger partial charge in [0, 0.05) is 27.8 Å². The summed E-state index contributed by atoms with van der Waals surface area (Å²) in [7, 11) is 2.08. The number of hydrogen-bond donors (Lipinski definition) is 1. The van der Waals surface area contributed by atoms with Crippen LogP contribution in [0.25, 0.3) is 0 Å². The molecule has 2 unspecified atom stereocenters. The SMILES string of the molecule is CC(CN(C)Cc1cc(Br)cs1)C(N)c1ccc(F)cn1. The third-order valence-corrected chi connectivity index (χ3v) is 5.03. The molecule has 2 heterocycles. The van der Waals surface area contributed by atoms with Gasteiger partial charge in [0.15, 0.2) is 0 Å². The first-order chi connectivity index (χ1) is 9.95. The highest BCUT2D eigenvalue weighted by molar-refractivity contribution is 9.10. The van der Waals surface area contributed by atoms with Gasteiger partial charge in [-0.2, -0.15) is 0 Å². The summed E-state index contributed by atoms with van der Waals surface area (Å²) in [4.78, 5) is 7.62. The van der Waals surface area contributed by atoms with E-state index in [1.807, 2.05) is 0 Å². The molecule has 0 bridgehead atoms. The highest BCUT2D eigenvalue weighted by atomic mass is 79.9. The predicted molar refractivity (Wildman–Crippen MR) is 88.6 cm³/mol. The van der Waals surface area contributed by atoms with Gasteiger partial charge in [-0.3, -0.25) is 4.98 Å². The molecule has 0 aliphatic heterocycles. The zero-order valence-corrected chi connectivity index (χ0v) is 14.5. The Labute approximate surface area is 137 Å². The van der Waals surface area contributed by atoms with E-state index >= 15 is 0 Å². The van der Waals surface area contributed by atoms with Crippen molar-refractivity contribution < 1.29 is 4.39 Å². The maximum atomic E-state index is 12.9. The lowest BCUT2D eigenvalue weighted by Crippen LogP contribution is -2.31. The second-order valence-electron chi connectivity index (χ2n) is 5.33. The second-order valence-corrected chi connectivity index (χ2v) is 7.24. The first-order valence-electron chi connectivity index (χ1n) is 6.74. The van der Waals surface area contributed by atoms with Crippen molar-refractivity contribution in [2.45, 2.75) is 19.5 Å². The molecule has 114 valence electrons. The van der Waals surface area contributed by atoms with E-state index in [1.54, 1.807) is 17.4 Å². The number of nitrogens with two attached hydrogens (primary N) is 1. The minimum atomic E-state index is -0.334. The highest BCUT2D eigenvalue weighted by Crippen LogP contribution is 2.23. The molecular formula is C15H19BrFN3S. The molecule has 2 aromatic heterocycles. The minimum Gasteiger partial charge on any atom is -0.322 e. The molecule has 0 saturated heterocycles. The van der Waals surface area contributed by atoms with Gasteiger partial charge >= 0.3 is 0 Å². The van der Waals surface area contributed by atoms with E-state index in [0.717, 1.165) is 23.3 Å². The van der Waals surface area contributed by atoms with E-state index in [4.69, 9.17) is 5.73 Å². The smallest absolute Gasteiger partial charge is 0.141 e. The van der Waals surface area contributed by atoms with Gasteiger partial charge in [-0.15, -0.1) is 11.3 Å². The number of nitrogens with zero attached hydrogens (tertiary/aromatic N) is 2. The molecule has 0 aromatic carbocycles. The van der Waals surface area contributed by atoms with Crippen molar-refractivity contribution in [3.63, 3.8) is 0 Å². The molecule has 2 aromatic rings. The van der Waals surface area contributed by atoms with Crippen LogP contribution >= 0.6 is 27.3 Å². The molecule has 2 atom stereocenters. The monoisotopic (exact) mass is 371 g/mol. The van der Waals surface area contributed by atoms with Crippen molar-refractivity contribution >= 4 is 27.3 Å². The Kier molecular flexibility index (Phi) is 5.87. The van der Waals surface area contributed by atoms with Crippen LogP contribution in [0, 0.1) is 11.7 Å². The summed E-state index contributed by atoms with van der Waals surface area (Å²) in [6.45, 7) is 3.84. The molecule has 0 amide bonds. The maximum absolute atomic E-state index is 12.9. The van der Waals surface area contributed by atoms with Crippen LogP contribution in [-0.2, 0) is 6.54 Å². The quantitative estimate of drug-likeness (QED) is 0.839. The van der Waals surface area contributed by atoms with Crippen LogP contribution in [-0.4, -0.2) is 23.5 Å². The molecule has 0 fully saturated rings. The summed E-state index contributed by atoms with van der Waals surface area (Å²) >= 11 is 5.20. The first kappa shape index (κ1) is 16.5. The van der Waals surface area contributed by atoms with Crippen molar-refractivity contribution in [3.05, 3.63) is 50.6 Å². The number of pyridine rings is 1. The van der Waals surface area contributed by atoms with Gasteiger partial charge in [0.25, 0.3) is 0 Å². The maximum Gasteiger partial charge on any atom is 0.141 e. The predicted octanol–water partition coefficient (Wildman–Crippen LogP) is 3.81. The molecule has 2 rings (SSSR count). The Morgan fingerprint density at radius 2 is 2.24 bits per heavy atom. The molecule has 21 heavy (non-hydrogen) atoms. The lowest BCUT2D eigenvalue weighted by Gasteiger charge is -2.25. The summed E-state index contributed by atoms with van der Waals surface area (Å²) < 4.78 is 14.0. The van der Waals surface area contributed by atoms with Gasteiger partial charge in [-0.05, 0) is 47.1 Å². The Morgan fingerprint density at radius 1 is 1.48 bits per heavy atom. The fraction of sp³-hybridized carbons (Fsp3) is 0.400. The van der Waals surface area contributed by atoms with Gasteiger partial charge in [-0.25, -0.2) is 4.39 Å². The Morgan fingerprint density at radius 3 is 2.81 bits per heavy atom. The van der Waals surface area contributed by atoms with E-state index in [-0.39, 0.29) is 17.8 Å².